The van der Waals surface area contributed by atoms with Gasteiger partial charge >= 0.3 is 0 Å². The van der Waals surface area contributed by atoms with E-state index in [1.807, 2.05) is 124 Å². The lowest BCUT2D eigenvalue weighted by molar-refractivity contribution is -0.365. The van der Waals surface area contributed by atoms with Crippen LogP contribution in [0.3, 0.4) is 0 Å². The number of anilines is 6. The fourth-order valence-electron chi connectivity index (χ4n) is 8.09. The van der Waals surface area contributed by atoms with Crippen molar-refractivity contribution >= 4 is 84.6 Å². The van der Waals surface area contributed by atoms with E-state index in [0.29, 0.717) is 81.9 Å². The number of hydrogen-bond acceptors (Lipinski definition) is 16. The maximum Gasteiger partial charge on any atom is 0.279 e. The summed E-state index contributed by atoms with van der Waals surface area (Å²) in [6.07, 6.45) is 0. The van der Waals surface area contributed by atoms with Gasteiger partial charge < -0.3 is 40.1 Å². The first-order chi connectivity index (χ1) is 38.4. The second kappa shape index (κ2) is 30.6. The molecule has 0 aliphatic carbocycles. The summed E-state index contributed by atoms with van der Waals surface area (Å²) in [5.74, 6) is 4.17. The number of aromatic nitrogens is 8. The molecular formula is C57H65ClF6N14O4. The van der Waals surface area contributed by atoms with E-state index in [1.165, 1.54) is 0 Å². The van der Waals surface area contributed by atoms with Crippen LogP contribution in [-0.2, 0) is 20.8 Å². The van der Waals surface area contributed by atoms with Crippen molar-refractivity contribution in [2.45, 2.75) is 54.6 Å². The molecule has 4 aromatic heterocycles. The second-order valence-electron chi connectivity index (χ2n) is 17.0. The van der Waals surface area contributed by atoms with E-state index >= 15 is 0 Å². The number of aryl methyl sites for hydroxylation is 1. The largest absolute Gasteiger partial charge is 0.412 e. The van der Waals surface area contributed by atoms with Gasteiger partial charge in [0, 0.05) is 99.3 Å². The number of ether oxygens (including phenoxy) is 3. The molecule has 82 heavy (non-hydrogen) atoms. The molecule has 0 bridgehead atoms. The van der Waals surface area contributed by atoms with Crippen LogP contribution in [0.2, 0.25) is 5.28 Å². The van der Waals surface area contributed by atoms with Crippen molar-refractivity contribution in [2.75, 3.05) is 55.7 Å². The number of nitrogens with two attached hydrogens (primary N) is 3. The fourth-order valence-corrected chi connectivity index (χ4v) is 8.26. The highest BCUT2D eigenvalue weighted by Gasteiger charge is 2.25. The highest BCUT2D eigenvalue weighted by molar-refractivity contribution is 6.28. The van der Waals surface area contributed by atoms with E-state index in [9.17, 15) is 26.3 Å². The second-order valence-corrected chi connectivity index (χ2v) is 17.3. The van der Waals surface area contributed by atoms with Gasteiger partial charge in [-0.15, -0.1) is 10.2 Å². The van der Waals surface area contributed by atoms with E-state index in [4.69, 9.17) is 31.5 Å². The third-order valence-electron chi connectivity index (χ3n) is 11.8. The van der Waals surface area contributed by atoms with E-state index in [2.05, 4.69) is 46.8 Å². The Hall–Kier alpha value is -8.20. The lowest BCUT2D eigenvalue weighted by Gasteiger charge is -2.27. The SMILES string of the molecule is C.CCOC(C)(OCC)OCC.CN(c1ccccc1)c1nc(CN)nc2cc(F)c(F)cc12.CN(c1ccccc1)c1nc(Cl)nc2cc(F)c(F)cc12.Cc1nnc2nc(N(C)c3ccccc3)c3cc(F)c(F)cc3n12.NN.O. The van der Waals surface area contributed by atoms with Crippen molar-refractivity contribution in [1.29, 1.82) is 0 Å². The molecule has 6 aromatic carbocycles. The summed E-state index contributed by atoms with van der Waals surface area (Å²) in [5, 5.41) is 9.29. The predicted molar refractivity (Wildman–Crippen MR) is 310 cm³/mol. The van der Waals surface area contributed by atoms with Crippen LogP contribution >= 0.6 is 11.6 Å². The van der Waals surface area contributed by atoms with Gasteiger partial charge in [-0.25, -0.2) is 41.3 Å². The summed E-state index contributed by atoms with van der Waals surface area (Å²) in [7, 11) is 5.39. The first-order valence-corrected chi connectivity index (χ1v) is 25.1. The molecule has 10 aromatic rings. The molecule has 436 valence electrons. The molecule has 10 rings (SSSR count). The van der Waals surface area contributed by atoms with E-state index in [1.54, 1.807) is 42.1 Å². The molecule has 18 nitrogen and oxygen atoms in total. The van der Waals surface area contributed by atoms with Crippen LogP contribution in [0.15, 0.2) is 127 Å². The monoisotopic (exact) mass is 1160 g/mol. The van der Waals surface area contributed by atoms with Gasteiger partial charge in [-0.1, -0.05) is 62.0 Å². The molecule has 0 spiro atoms. The zero-order chi connectivity index (χ0) is 58.3. The van der Waals surface area contributed by atoms with Crippen molar-refractivity contribution in [2.24, 2.45) is 17.4 Å². The summed E-state index contributed by atoms with van der Waals surface area (Å²) in [5.41, 5.74) is 9.25. The molecule has 0 saturated carbocycles. The Bertz CT molecular complexity index is 3640. The number of benzene rings is 6. The summed E-state index contributed by atoms with van der Waals surface area (Å²) >= 11 is 5.88. The van der Waals surface area contributed by atoms with Crippen molar-refractivity contribution in [3.05, 3.63) is 179 Å². The minimum Gasteiger partial charge on any atom is -0.412 e. The Labute approximate surface area is 475 Å². The quantitative estimate of drug-likeness (QED) is 0.0320. The van der Waals surface area contributed by atoms with Crippen LogP contribution in [0.1, 0.15) is 46.8 Å². The van der Waals surface area contributed by atoms with Gasteiger partial charge in [-0.05, 0) is 93.9 Å². The maximum atomic E-state index is 13.9. The van der Waals surface area contributed by atoms with Crippen LogP contribution in [0.4, 0.5) is 60.9 Å². The number of fused-ring (bicyclic) bond motifs is 5. The molecule has 8 N–H and O–H groups in total. The van der Waals surface area contributed by atoms with Crippen LogP contribution in [0.25, 0.3) is 38.5 Å². The van der Waals surface area contributed by atoms with E-state index in [0.717, 1.165) is 53.5 Å². The smallest absolute Gasteiger partial charge is 0.279 e. The van der Waals surface area contributed by atoms with Gasteiger partial charge in [0.1, 0.15) is 29.1 Å². The van der Waals surface area contributed by atoms with Crippen molar-refractivity contribution in [1.82, 2.24) is 39.5 Å². The highest BCUT2D eigenvalue weighted by Crippen LogP contribution is 2.34. The highest BCUT2D eigenvalue weighted by atomic mass is 35.5. The summed E-state index contributed by atoms with van der Waals surface area (Å²) in [6, 6.07) is 35.0. The lowest BCUT2D eigenvalue weighted by Crippen LogP contribution is -2.35. The number of rotatable bonds is 13. The lowest BCUT2D eigenvalue weighted by atomic mass is 10.2. The summed E-state index contributed by atoms with van der Waals surface area (Å²) in [6.45, 7) is 11.2. The van der Waals surface area contributed by atoms with Crippen molar-refractivity contribution < 1.29 is 46.0 Å². The average molecular weight is 1160 g/mol. The Balaban J connectivity index is 0.000000237. The Morgan fingerprint density at radius 3 is 1.30 bits per heavy atom. The number of nitrogens with zero attached hydrogens (tertiary/aromatic N) is 11. The van der Waals surface area contributed by atoms with Crippen LogP contribution in [0.5, 0.6) is 0 Å². The topological polar surface area (TPSA) is 242 Å². The normalized spacial score (nSPS) is 10.7. The molecule has 0 aliphatic rings. The molecule has 0 amide bonds. The Morgan fingerprint density at radius 1 is 0.524 bits per heavy atom. The fraction of sp³-hybridized carbons (Fsp3) is 0.246. The van der Waals surface area contributed by atoms with Gasteiger partial charge in [-0.2, -0.15) is 9.97 Å². The zero-order valence-electron chi connectivity index (χ0n) is 45.5. The predicted octanol–water partition coefficient (Wildman–Crippen LogP) is 11.5. The third kappa shape index (κ3) is 15.8. The average Bonchev–Trinajstić information content (AvgIpc) is 3.86. The molecule has 25 heteroatoms. The van der Waals surface area contributed by atoms with E-state index in [-0.39, 0.29) is 30.2 Å². The van der Waals surface area contributed by atoms with Gasteiger partial charge in [-0.3, -0.25) is 16.1 Å². The molecule has 0 fully saturated rings. The minimum atomic E-state index is -0.967. The van der Waals surface area contributed by atoms with Gasteiger partial charge in [0.05, 0.1) is 23.1 Å². The first-order valence-electron chi connectivity index (χ1n) is 24.7. The van der Waals surface area contributed by atoms with Crippen LogP contribution < -0.4 is 32.1 Å². The van der Waals surface area contributed by atoms with Crippen molar-refractivity contribution in [3.8, 4) is 0 Å². The minimum absolute atomic E-state index is 0. The van der Waals surface area contributed by atoms with E-state index < -0.39 is 40.9 Å². The summed E-state index contributed by atoms with van der Waals surface area (Å²) < 4.78 is 99.0. The molecular weight excluding hydrogens is 1090 g/mol. The number of para-hydroxylation sites is 3. The first kappa shape index (κ1) is 66.3. The maximum absolute atomic E-state index is 13.9. The Kier molecular flexibility index (Phi) is 24.7. The third-order valence-corrected chi connectivity index (χ3v) is 11.9. The van der Waals surface area contributed by atoms with Crippen LogP contribution in [-0.4, -0.2) is 91.9 Å². The standard InChI is InChI=1S/C17H13F2N5.C16H14F2N4.C15H10ClF2N3.C8H18O3.CH4.H4N2.H2O/c1-10-21-22-17-20-16(23(2)11-6-4-3-5-7-11)12-8-13(18)14(19)9-15(12)24(10)17;1-22(10-5-3-2-4-6-10)16-11-7-12(17)13(18)8-14(11)20-15(9-19)21-16;1-21(9-5-3-2-4-6-9)14-10-7-11(17)12(18)8-13(10)19-15(16)20-14;1-5-9-8(4,10-6-2)11-7-3;;1-2;/h3-9H,1-2H3;2-8H,9,19H2,1H3;2-8H,1H3;5-7H2,1-4H3;1H4;1-2H2;1H2. The van der Waals surface area contributed by atoms with Gasteiger partial charge in [0.2, 0.25) is 5.28 Å². The molecule has 0 saturated heterocycles. The Morgan fingerprint density at radius 2 is 0.890 bits per heavy atom. The number of hydrogen-bond donors (Lipinski definition) is 3. The summed E-state index contributed by atoms with van der Waals surface area (Å²) in [4.78, 5) is 26.4. The van der Waals surface area contributed by atoms with Gasteiger partial charge in [0.25, 0.3) is 11.8 Å². The molecule has 4 heterocycles. The van der Waals surface area contributed by atoms with Crippen LogP contribution in [0, 0.1) is 41.8 Å². The zero-order valence-corrected chi connectivity index (χ0v) is 46.2. The number of halogens is 7. The number of hydrazine groups is 1. The van der Waals surface area contributed by atoms with Crippen molar-refractivity contribution in [3.63, 3.8) is 0 Å². The van der Waals surface area contributed by atoms with Gasteiger partial charge in [0.15, 0.2) is 34.9 Å². The molecule has 0 radical (unpaired) electrons. The molecule has 0 atom stereocenters. The molecule has 0 unspecified atom stereocenters. The molecule has 0 aliphatic heterocycles.